The van der Waals surface area contributed by atoms with Crippen molar-refractivity contribution in [1.82, 2.24) is 10.2 Å². The molecule has 0 aliphatic carbocycles. The van der Waals surface area contributed by atoms with Crippen molar-refractivity contribution in [2.24, 2.45) is 11.7 Å². The van der Waals surface area contributed by atoms with Crippen molar-refractivity contribution in [2.45, 2.75) is 58.5 Å². The zero-order valence-electron chi connectivity index (χ0n) is 12.1. The Morgan fingerprint density at radius 1 is 1.39 bits per heavy atom. The van der Waals surface area contributed by atoms with E-state index in [0.29, 0.717) is 18.5 Å². The van der Waals surface area contributed by atoms with Gasteiger partial charge in [0, 0.05) is 25.2 Å². The van der Waals surface area contributed by atoms with Crippen molar-refractivity contribution >= 4 is 5.91 Å². The summed E-state index contributed by atoms with van der Waals surface area (Å²) in [5.74, 6) is 0.828. The number of piperidine rings is 1. The molecule has 0 bridgehead atoms. The maximum absolute atomic E-state index is 11.9. The van der Waals surface area contributed by atoms with E-state index in [1.807, 2.05) is 0 Å². The largest absolute Gasteiger partial charge is 0.353 e. The van der Waals surface area contributed by atoms with Gasteiger partial charge in [0.05, 0.1) is 6.54 Å². The van der Waals surface area contributed by atoms with E-state index < -0.39 is 0 Å². The number of hydrogen-bond donors (Lipinski definition) is 2. The second-order valence-electron chi connectivity index (χ2n) is 5.83. The van der Waals surface area contributed by atoms with E-state index in [2.05, 4.69) is 31.0 Å². The van der Waals surface area contributed by atoms with Crippen molar-refractivity contribution in [1.29, 1.82) is 0 Å². The predicted molar refractivity (Wildman–Crippen MR) is 75.3 cm³/mol. The van der Waals surface area contributed by atoms with E-state index in [4.69, 9.17) is 5.73 Å². The summed E-state index contributed by atoms with van der Waals surface area (Å²) in [6.45, 7) is 8.95. The SMILES string of the molecule is CCC(C)CC(C)NC(=O)CN1CCC(N)CC1. The molecule has 0 spiro atoms. The van der Waals surface area contributed by atoms with Crippen LogP contribution in [-0.2, 0) is 4.79 Å². The number of likely N-dealkylation sites (tertiary alicyclic amines) is 1. The highest BCUT2D eigenvalue weighted by molar-refractivity contribution is 5.78. The van der Waals surface area contributed by atoms with Crippen LogP contribution in [0.3, 0.4) is 0 Å². The summed E-state index contributed by atoms with van der Waals surface area (Å²) in [6.07, 6.45) is 4.25. The number of hydrogen-bond acceptors (Lipinski definition) is 3. The van der Waals surface area contributed by atoms with Crippen LogP contribution in [-0.4, -0.2) is 42.5 Å². The molecule has 0 aromatic rings. The van der Waals surface area contributed by atoms with Crippen LogP contribution >= 0.6 is 0 Å². The lowest BCUT2D eigenvalue weighted by Gasteiger charge is -2.30. The summed E-state index contributed by atoms with van der Waals surface area (Å²) < 4.78 is 0. The summed E-state index contributed by atoms with van der Waals surface area (Å²) >= 11 is 0. The average Bonchev–Trinajstić information content (AvgIpc) is 2.31. The zero-order chi connectivity index (χ0) is 13.5. The molecule has 1 fully saturated rings. The maximum atomic E-state index is 11.9. The normalized spacial score (nSPS) is 21.6. The molecule has 3 N–H and O–H groups in total. The van der Waals surface area contributed by atoms with E-state index in [1.165, 1.54) is 6.42 Å². The summed E-state index contributed by atoms with van der Waals surface area (Å²) in [7, 11) is 0. The molecule has 0 aromatic heterocycles. The van der Waals surface area contributed by atoms with Crippen LogP contribution < -0.4 is 11.1 Å². The standard InChI is InChI=1S/C14H29N3O/c1-4-11(2)9-12(3)16-14(18)10-17-7-5-13(15)6-8-17/h11-13H,4-10,15H2,1-3H3,(H,16,18). The van der Waals surface area contributed by atoms with Gasteiger partial charge in [-0.05, 0) is 32.1 Å². The van der Waals surface area contributed by atoms with Crippen molar-refractivity contribution in [3.05, 3.63) is 0 Å². The van der Waals surface area contributed by atoms with Gasteiger partial charge in [-0.25, -0.2) is 0 Å². The van der Waals surface area contributed by atoms with Gasteiger partial charge in [0.15, 0.2) is 0 Å². The topological polar surface area (TPSA) is 58.4 Å². The highest BCUT2D eigenvalue weighted by Crippen LogP contribution is 2.10. The van der Waals surface area contributed by atoms with Gasteiger partial charge in [-0.2, -0.15) is 0 Å². The monoisotopic (exact) mass is 255 g/mol. The second-order valence-corrected chi connectivity index (χ2v) is 5.83. The number of nitrogens with zero attached hydrogens (tertiary/aromatic N) is 1. The van der Waals surface area contributed by atoms with Crippen molar-refractivity contribution < 1.29 is 4.79 Å². The summed E-state index contributed by atoms with van der Waals surface area (Å²) in [5.41, 5.74) is 5.85. The van der Waals surface area contributed by atoms with E-state index in [-0.39, 0.29) is 11.9 Å². The number of nitrogens with one attached hydrogen (secondary N) is 1. The Kier molecular flexibility index (Phi) is 6.65. The minimum Gasteiger partial charge on any atom is -0.353 e. The molecule has 1 rings (SSSR count). The van der Waals surface area contributed by atoms with Crippen LogP contribution in [0.1, 0.15) is 46.5 Å². The number of rotatable bonds is 6. The quantitative estimate of drug-likeness (QED) is 0.753. The van der Waals surface area contributed by atoms with Crippen LogP contribution in [0.25, 0.3) is 0 Å². The number of carbonyl (C=O) groups is 1. The number of amides is 1. The van der Waals surface area contributed by atoms with Crippen LogP contribution in [0.15, 0.2) is 0 Å². The molecule has 0 saturated carbocycles. The third kappa shape index (κ3) is 5.83. The van der Waals surface area contributed by atoms with Crippen molar-refractivity contribution in [3.8, 4) is 0 Å². The molecule has 2 unspecified atom stereocenters. The molecular weight excluding hydrogens is 226 g/mol. The lowest BCUT2D eigenvalue weighted by Crippen LogP contribution is -2.46. The van der Waals surface area contributed by atoms with Crippen LogP contribution in [0.2, 0.25) is 0 Å². The molecule has 1 aliphatic rings. The first-order chi connectivity index (χ1) is 8.51. The van der Waals surface area contributed by atoms with Gasteiger partial charge in [0.2, 0.25) is 5.91 Å². The Morgan fingerprint density at radius 3 is 2.56 bits per heavy atom. The van der Waals surface area contributed by atoms with Gasteiger partial charge in [0.1, 0.15) is 0 Å². The molecule has 4 nitrogen and oxygen atoms in total. The van der Waals surface area contributed by atoms with Crippen LogP contribution in [0.4, 0.5) is 0 Å². The molecule has 4 heteroatoms. The smallest absolute Gasteiger partial charge is 0.234 e. The highest BCUT2D eigenvalue weighted by atomic mass is 16.2. The van der Waals surface area contributed by atoms with E-state index in [9.17, 15) is 4.79 Å². The molecule has 18 heavy (non-hydrogen) atoms. The van der Waals surface area contributed by atoms with Gasteiger partial charge in [-0.1, -0.05) is 20.3 Å². The summed E-state index contributed by atoms with van der Waals surface area (Å²) in [5, 5.41) is 3.09. The lowest BCUT2D eigenvalue weighted by molar-refractivity contribution is -0.123. The third-order valence-corrected chi connectivity index (χ3v) is 3.86. The van der Waals surface area contributed by atoms with E-state index in [1.54, 1.807) is 0 Å². The Bertz CT molecular complexity index is 249. The Morgan fingerprint density at radius 2 is 2.00 bits per heavy atom. The van der Waals surface area contributed by atoms with Gasteiger partial charge in [-0.3, -0.25) is 9.69 Å². The van der Waals surface area contributed by atoms with E-state index in [0.717, 1.165) is 32.4 Å². The maximum Gasteiger partial charge on any atom is 0.234 e. The summed E-state index contributed by atoms with van der Waals surface area (Å²) in [4.78, 5) is 14.1. The lowest BCUT2D eigenvalue weighted by atomic mass is 10.0. The van der Waals surface area contributed by atoms with Crippen LogP contribution in [0.5, 0.6) is 0 Å². The van der Waals surface area contributed by atoms with E-state index >= 15 is 0 Å². The first kappa shape index (κ1) is 15.4. The van der Waals surface area contributed by atoms with Gasteiger partial charge < -0.3 is 11.1 Å². The predicted octanol–water partition coefficient (Wildman–Crippen LogP) is 1.35. The zero-order valence-corrected chi connectivity index (χ0v) is 12.1. The molecule has 1 amide bonds. The van der Waals surface area contributed by atoms with Gasteiger partial charge in [-0.15, -0.1) is 0 Å². The fraction of sp³-hybridized carbons (Fsp3) is 0.929. The minimum atomic E-state index is 0.154. The molecule has 1 saturated heterocycles. The molecule has 1 heterocycles. The first-order valence-corrected chi connectivity index (χ1v) is 7.28. The highest BCUT2D eigenvalue weighted by Gasteiger charge is 2.19. The fourth-order valence-corrected chi connectivity index (χ4v) is 2.46. The Balaban J connectivity index is 2.20. The number of nitrogens with two attached hydrogens (primary N) is 1. The Labute approximate surface area is 111 Å². The average molecular weight is 255 g/mol. The second kappa shape index (κ2) is 7.74. The fourth-order valence-electron chi connectivity index (χ4n) is 2.46. The van der Waals surface area contributed by atoms with Gasteiger partial charge >= 0.3 is 0 Å². The van der Waals surface area contributed by atoms with Gasteiger partial charge in [0.25, 0.3) is 0 Å². The molecule has 1 aliphatic heterocycles. The first-order valence-electron chi connectivity index (χ1n) is 7.28. The third-order valence-electron chi connectivity index (χ3n) is 3.86. The molecule has 106 valence electrons. The molecular formula is C14H29N3O. The molecule has 2 atom stereocenters. The molecule has 0 radical (unpaired) electrons. The Hall–Kier alpha value is -0.610. The van der Waals surface area contributed by atoms with Crippen molar-refractivity contribution in [3.63, 3.8) is 0 Å². The minimum absolute atomic E-state index is 0.154. The molecule has 0 aromatic carbocycles. The van der Waals surface area contributed by atoms with Crippen molar-refractivity contribution in [2.75, 3.05) is 19.6 Å². The number of carbonyl (C=O) groups excluding carboxylic acids is 1. The van der Waals surface area contributed by atoms with Crippen LogP contribution in [0, 0.1) is 5.92 Å². The summed E-state index contributed by atoms with van der Waals surface area (Å²) in [6, 6.07) is 0.605.